The SMILES string of the molecule is CCCCCCCCCCCCCCCCCCCCCCCCCCCCCC[N+](C)(C)CCCS(=O)(=O)[O-]. The summed E-state index contributed by atoms with van der Waals surface area (Å²) in [6.07, 6.45) is 40.3. The first-order chi connectivity index (χ1) is 19.3. The van der Waals surface area contributed by atoms with E-state index in [1.165, 1.54) is 180 Å². The van der Waals surface area contributed by atoms with Crippen LogP contribution in [-0.4, -0.2) is 50.4 Å². The molecule has 0 fully saturated rings. The molecule has 4 nitrogen and oxygen atoms in total. The van der Waals surface area contributed by atoms with Crippen molar-refractivity contribution in [1.82, 2.24) is 0 Å². The Morgan fingerprint density at radius 3 is 0.875 bits per heavy atom. The van der Waals surface area contributed by atoms with Crippen LogP contribution in [0.5, 0.6) is 0 Å². The van der Waals surface area contributed by atoms with Crippen LogP contribution in [0.15, 0.2) is 0 Å². The van der Waals surface area contributed by atoms with E-state index in [-0.39, 0.29) is 5.75 Å². The first-order valence-corrected chi connectivity index (χ1v) is 19.6. The lowest BCUT2D eigenvalue weighted by molar-refractivity contribution is -0.890. The van der Waals surface area contributed by atoms with Gasteiger partial charge in [0.05, 0.1) is 37.3 Å². The van der Waals surface area contributed by atoms with Gasteiger partial charge in [0, 0.05) is 12.2 Å². The maximum atomic E-state index is 10.7. The summed E-state index contributed by atoms with van der Waals surface area (Å²) >= 11 is 0. The molecule has 0 N–H and O–H groups in total. The van der Waals surface area contributed by atoms with Gasteiger partial charge >= 0.3 is 0 Å². The zero-order chi connectivity index (χ0) is 29.6. The van der Waals surface area contributed by atoms with Crippen molar-refractivity contribution in [2.75, 3.05) is 32.9 Å². The number of quaternary nitrogens is 1. The number of unbranched alkanes of at least 4 members (excludes halogenated alkanes) is 27. The minimum atomic E-state index is -4.07. The van der Waals surface area contributed by atoms with Crippen LogP contribution in [-0.2, 0) is 10.1 Å². The molecule has 0 amide bonds. The molecule has 0 radical (unpaired) electrons. The molecule has 0 aliphatic rings. The van der Waals surface area contributed by atoms with Gasteiger partial charge in [-0.15, -0.1) is 0 Å². The molecule has 0 aromatic rings. The zero-order valence-electron chi connectivity index (χ0n) is 27.7. The smallest absolute Gasteiger partial charge is 0.0948 e. The number of hydrogen-bond acceptors (Lipinski definition) is 3. The molecule has 0 unspecified atom stereocenters. The summed E-state index contributed by atoms with van der Waals surface area (Å²) in [4.78, 5) is 0. The van der Waals surface area contributed by atoms with Gasteiger partial charge in [0.15, 0.2) is 0 Å². The maximum absolute atomic E-state index is 10.7. The minimum Gasteiger partial charge on any atom is -0.748 e. The Morgan fingerprint density at radius 2 is 0.625 bits per heavy atom. The highest BCUT2D eigenvalue weighted by atomic mass is 32.2. The summed E-state index contributed by atoms with van der Waals surface area (Å²) in [5.74, 6) is -0.228. The van der Waals surface area contributed by atoms with Gasteiger partial charge in [0.1, 0.15) is 0 Å². The number of rotatable bonds is 33. The van der Waals surface area contributed by atoms with Crippen molar-refractivity contribution in [3.8, 4) is 0 Å². The predicted molar refractivity (Wildman–Crippen MR) is 176 cm³/mol. The summed E-state index contributed by atoms with van der Waals surface area (Å²) in [6, 6.07) is 0. The van der Waals surface area contributed by atoms with Crippen molar-refractivity contribution in [1.29, 1.82) is 0 Å². The molecule has 0 rings (SSSR count). The first kappa shape index (κ1) is 39.9. The van der Waals surface area contributed by atoms with Gasteiger partial charge < -0.3 is 9.04 Å². The zero-order valence-corrected chi connectivity index (χ0v) is 28.5. The second kappa shape index (κ2) is 29.0. The summed E-state index contributed by atoms with van der Waals surface area (Å²) in [7, 11) is 0.209. The molecule has 40 heavy (non-hydrogen) atoms. The van der Waals surface area contributed by atoms with Gasteiger partial charge in [-0.1, -0.05) is 174 Å². The molecule has 0 aliphatic carbocycles. The van der Waals surface area contributed by atoms with Crippen LogP contribution in [0.3, 0.4) is 0 Å². The molecule has 0 aromatic heterocycles. The third-order valence-corrected chi connectivity index (χ3v) is 9.56. The van der Waals surface area contributed by atoms with Gasteiger partial charge in [-0.05, 0) is 12.8 Å². The average Bonchev–Trinajstić information content (AvgIpc) is 2.89. The highest BCUT2D eigenvalue weighted by molar-refractivity contribution is 7.85. The highest BCUT2D eigenvalue weighted by Gasteiger charge is 2.14. The Balaban J connectivity index is 3.18. The second-order valence-corrected chi connectivity index (χ2v) is 15.1. The standard InChI is InChI=1S/C35H73NO3S/c1-4-5-6-7-8-9-10-11-12-13-14-15-16-17-18-19-20-21-22-23-24-25-26-27-28-29-30-31-33-36(2,3)34-32-35-40(37,38)39/h4-35H2,1-3H3. The molecule has 0 saturated carbocycles. The van der Waals surface area contributed by atoms with E-state index in [2.05, 4.69) is 21.0 Å². The van der Waals surface area contributed by atoms with Crippen molar-refractivity contribution < 1.29 is 17.5 Å². The van der Waals surface area contributed by atoms with Crippen LogP contribution >= 0.6 is 0 Å². The van der Waals surface area contributed by atoms with Crippen molar-refractivity contribution in [2.24, 2.45) is 0 Å². The van der Waals surface area contributed by atoms with E-state index in [4.69, 9.17) is 0 Å². The summed E-state index contributed by atoms with van der Waals surface area (Å²) < 4.78 is 33.1. The molecule has 0 saturated heterocycles. The predicted octanol–water partition coefficient (Wildman–Crippen LogP) is 10.9. The molecular formula is C35H73NO3S. The molecule has 0 bridgehead atoms. The summed E-state index contributed by atoms with van der Waals surface area (Å²) in [5, 5.41) is 0. The lowest BCUT2D eigenvalue weighted by atomic mass is 10.0. The average molecular weight is 588 g/mol. The van der Waals surface area contributed by atoms with Gasteiger partial charge in [-0.2, -0.15) is 0 Å². The van der Waals surface area contributed by atoms with E-state index >= 15 is 0 Å². The largest absolute Gasteiger partial charge is 0.748 e. The van der Waals surface area contributed by atoms with E-state index in [1.807, 2.05) is 0 Å². The van der Waals surface area contributed by atoms with Crippen molar-refractivity contribution in [2.45, 2.75) is 193 Å². The molecular weight excluding hydrogens is 514 g/mol. The Hall–Kier alpha value is -0.130. The Labute approximate surface area is 253 Å². The summed E-state index contributed by atoms with van der Waals surface area (Å²) in [6.45, 7) is 4.13. The second-order valence-electron chi connectivity index (χ2n) is 13.5. The monoisotopic (exact) mass is 588 g/mol. The van der Waals surface area contributed by atoms with Crippen LogP contribution in [0.25, 0.3) is 0 Å². The fourth-order valence-corrected chi connectivity index (χ4v) is 6.47. The molecule has 5 heteroatoms. The highest BCUT2D eigenvalue weighted by Crippen LogP contribution is 2.16. The summed E-state index contributed by atoms with van der Waals surface area (Å²) in [5.41, 5.74) is 0. The normalized spacial score (nSPS) is 12.4. The molecule has 0 heterocycles. The van der Waals surface area contributed by atoms with Gasteiger partial charge in [0.25, 0.3) is 0 Å². The van der Waals surface area contributed by atoms with Crippen molar-refractivity contribution >= 4 is 10.1 Å². The van der Waals surface area contributed by atoms with Gasteiger partial charge in [-0.25, -0.2) is 8.42 Å². The van der Waals surface area contributed by atoms with Crippen LogP contribution < -0.4 is 0 Å². The van der Waals surface area contributed by atoms with E-state index in [0.717, 1.165) is 17.6 Å². The third kappa shape index (κ3) is 34.1. The minimum absolute atomic E-state index is 0.228. The van der Waals surface area contributed by atoms with E-state index < -0.39 is 10.1 Å². The van der Waals surface area contributed by atoms with E-state index in [1.54, 1.807) is 0 Å². The Bertz CT molecular complexity index is 606. The lowest BCUT2D eigenvalue weighted by Gasteiger charge is -2.30. The van der Waals surface area contributed by atoms with Gasteiger partial charge in [-0.3, -0.25) is 0 Å². The van der Waals surface area contributed by atoms with Crippen LogP contribution in [0.4, 0.5) is 0 Å². The fraction of sp³-hybridized carbons (Fsp3) is 1.00. The Morgan fingerprint density at radius 1 is 0.400 bits per heavy atom. The van der Waals surface area contributed by atoms with Crippen molar-refractivity contribution in [3.63, 3.8) is 0 Å². The third-order valence-electron chi connectivity index (χ3n) is 8.77. The number of nitrogens with zero attached hydrogens (tertiary/aromatic N) is 1. The molecule has 0 aromatic carbocycles. The first-order valence-electron chi connectivity index (χ1n) is 18.0. The van der Waals surface area contributed by atoms with E-state index in [0.29, 0.717) is 6.42 Å². The molecule has 0 aliphatic heterocycles. The number of hydrogen-bond donors (Lipinski definition) is 0. The fourth-order valence-electron chi connectivity index (χ4n) is 5.99. The van der Waals surface area contributed by atoms with Gasteiger partial charge in [0.2, 0.25) is 0 Å². The van der Waals surface area contributed by atoms with Crippen LogP contribution in [0.1, 0.15) is 193 Å². The lowest BCUT2D eigenvalue weighted by Crippen LogP contribution is -2.41. The van der Waals surface area contributed by atoms with Crippen LogP contribution in [0, 0.1) is 0 Å². The van der Waals surface area contributed by atoms with E-state index in [9.17, 15) is 13.0 Å². The molecule has 0 spiro atoms. The topological polar surface area (TPSA) is 57.2 Å². The van der Waals surface area contributed by atoms with Crippen molar-refractivity contribution in [3.05, 3.63) is 0 Å². The van der Waals surface area contributed by atoms with Crippen LogP contribution in [0.2, 0.25) is 0 Å². The molecule has 0 atom stereocenters. The Kier molecular flexibility index (Phi) is 28.9. The quantitative estimate of drug-likeness (QED) is 0.0436. The molecule has 242 valence electrons. The maximum Gasteiger partial charge on any atom is 0.0948 e.